The van der Waals surface area contributed by atoms with Crippen molar-refractivity contribution in [2.45, 2.75) is 0 Å². The van der Waals surface area contributed by atoms with E-state index >= 15 is 0 Å². The lowest BCUT2D eigenvalue weighted by Crippen LogP contribution is -2.07. The molecule has 1 rings (SSSR count). The van der Waals surface area contributed by atoms with E-state index in [-0.39, 0.29) is 22.4 Å². The van der Waals surface area contributed by atoms with Crippen molar-refractivity contribution < 1.29 is 9.18 Å². The zero-order valence-corrected chi connectivity index (χ0v) is 9.65. The summed E-state index contributed by atoms with van der Waals surface area (Å²) in [5, 5.41) is 0.124. The fourth-order valence-electron chi connectivity index (χ4n) is 0.918. The maximum Gasteiger partial charge on any atom is 0.176 e. The predicted molar refractivity (Wildman–Crippen MR) is 56.6 cm³/mol. The Balaban J connectivity index is 3.33. The lowest BCUT2D eigenvalue weighted by molar-refractivity contribution is 0.102. The number of halogens is 3. The molecule has 0 aliphatic carbocycles. The third-order valence-electron chi connectivity index (χ3n) is 1.54. The summed E-state index contributed by atoms with van der Waals surface area (Å²) < 4.78 is 13.5. The lowest BCUT2D eigenvalue weighted by Gasteiger charge is -2.05. The van der Waals surface area contributed by atoms with E-state index in [9.17, 15) is 9.18 Å². The highest BCUT2D eigenvalue weighted by atomic mass is 79.9. The molecule has 0 saturated carbocycles. The first kappa shape index (κ1) is 10.7. The molecule has 0 aromatic heterocycles. The van der Waals surface area contributed by atoms with Crippen LogP contribution >= 0.6 is 31.9 Å². The van der Waals surface area contributed by atoms with E-state index in [0.29, 0.717) is 4.47 Å². The molecule has 0 bridgehead atoms. The number of rotatable bonds is 2. The standard InChI is InChI=1S/C8H6Br2FNO/c9-3-6(13)7-4(10)1-2-5(11)8(7)12/h1-2H,3,12H2. The minimum Gasteiger partial charge on any atom is -0.396 e. The van der Waals surface area contributed by atoms with Crippen LogP contribution in [0.1, 0.15) is 10.4 Å². The van der Waals surface area contributed by atoms with E-state index in [1.54, 1.807) is 0 Å². The second kappa shape index (κ2) is 4.19. The van der Waals surface area contributed by atoms with Gasteiger partial charge < -0.3 is 5.73 Å². The van der Waals surface area contributed by atoms with Gasteiger partial charge in [-0.25, -0.2) is 4.39 Å². The van der Waals surface area contributed by atoms with E-state index in [1.807, 2.05) is 0 Å². The summed E-state index contributed by atoms with van der Waals surface area (Å²) in [6.07, 6.45) is 0. The minimum absolute atomic E-state index is 0.112. The fraction of sp³-hybridized carbons (Fsp3) is 0.125. The molecule has 0 fully saturated rings. The van der Waals surface area contributed by atoms with E-state index in [1.165, 1.54) is 12.1 Å². The van der Waals surface area contributed by atoms with E-state index in [2.05, 4.69) is 31.9 Å². The molecule has 0 aliphatic rings. The SMILES string of the molecule is Nc1c(F)ccc(Br)c1C(=O)CBr. The van der Waals surface area contributed by atoms with Crippen LogP contribution < -0.4 is 5.73 Å². The molecule has 0 amide bonds. The van der Waals surface area contributed by atoms with Crippen LogP contribution in [0.5, 0.6) is 0 Å². The summed E-state index contributed by atoms with van der Waals surface area (Å²) in [6, 6.07) is 2.67. The van der Waals surface area contributed by atoms with Gasteiger partial charge in [0.25, 0.3) is 0 Å². The predicted octanol–water partition coefficient (Wildman–Crippen LogP) is 2.75. The molecule has 0 spiro atoms. The van der Waals surface area contributed by atoms with Gasteiger partial charge in [0.15, 0.2) is 5.78 Å². The molecule has 2 N–H and O–H groups in total. The zero-order valence-electron chi connectivity index (χ0n) is 6.48. The van der Waals surface area contributed by atoms with Crippen molar-refractivity contribution >= 4 is 43.3 Å². The molecule has 0 heterocycles. The number of Topliss-reactive ketones (excluding diaryl/α,β-unsaturated/α-hetero) is 1. The fourth-order valence-corrected chi connectivity index (χ4v) is 1.76. The Hall–Kier alpha value is -0.420. The van der Waals surface area contributed by atoms with Crippen molar-refractivity contribution in [3.63, 3.8) is 0 Å². The Morgan fingerprint density at radius 3 is 2.69 bits per heavy atom. The van der Waals surface area contributed by atoms with Crippen LogP contribution in [0.2, 0.25) is 0 Å². The molecule has 5 heteroatoms. The second-order valence-corrected chi connectivity index (χ2v) is 3.79. The van der Waals surface area contributed by atoms with E-state index < -0.39 is 5.82 Å². The van der Waals surface area contributed by atoms with Crippen LogP contribution in [0.3, 0.4) is 0 Å². The largest absolute Gasteiger partial charge is 0.396 e. The van der Waals surface area contributed by atoms with Gasteiger partial charge in [0.1, 0.15) is 5.82 Å². The number of hydrogen-bond donors (Lipinski definition) is 1. The number of nitrogens with two attached hydrogens (primary N) is 1. The lowest BCUT2D eigenvalue weighted by atomic mass is 10.1. The third kappa shape index (κ3) is 2.08. The molecule has 0 radical (unpaired) electrons. The number of hydrogen-bond acceptors (Lipinski definition) is 2. The number of carbonyl (C=O) groups excluding carboxylic acids is 1. The summed E-state index contributed by atoms with van der Waals surface area (Å²) in [5.41, 5.74) is 5.49. The highest BCUT2D eigenvalue weighted by Gasteiger charge is 2.15. The quantitative estimate of drug-likeness (QED) is 0.518. The summed E-state index contributed by atoms with van der Waals surface area (Å²) in [6.45, 7) is 0. The Morgan fingerprint density at radius 1 is 1.54 bits per heavy atom. The normalized spacial score (nSPS) is 10.1. The van der Waals surface area contributed by atoms with Crippen LogP contribution in [0.15, 0.2) is 16.6 Å². The molecule has 1 aromatic carbocycles. The van der Waals surface area contributed by atoms with Gasteiger partial charge in [0, 0.05) is 4.47 Å². The number of anilines is 1. The molecular weight excluding hydrogens is 305 g/mol. The number of carbonyl (C=O) groups is 1. The van der Waals surface area contributed by atoms with Gasteiger partial charge in [-0.3, -0.25) is 4.79 Å². The molecule has 0 unspecified atom stereocenters. The highest BCUT2D eigenvalue weighted by Crippen LogP contribution is 2.26. The zero-order chi connectivity index (χ0) is 10.0. The van der Waals surface area contributed by atoms with Crippen molar-refractivity contribution in [1.82, 2.24) is 0 Å². The van der Waals surface area contributed by atoms with Gasteiger partial charge in [0.2, 0.25) is 0 Å². The summed E-state index contributed by atoms with van der Waals surface area (Å²) in [5.74, 6) is -0.823. The van der Waals surface area contributed by atoms with Crippen molar-refractivity contribution in [1.29, 1.82) is 0 Å². The van der Waals surface area contributed by atoms with Crippen LogP contribution in [0.25, 0.3) is 0 Å². The monoisotopic (exact) mass is 309 g/mol. The average molecular weight is 311 g/mol. The van der Waals surface area contributed by atoms with Gasteiger partial charge >= 0.3 is 0 Å². The molecule has 70 valence electrons. The van der Waals surface area contributed by atoms with Gasteiger partial charge in [0.05, 0.1) is 16.6 Å². The Labute approximate surface area is 91.6 Å². The average Bonchev–Trinajstić information content (AvgIpc) is 2.12. The molecule has 0 saturated heterocycles. The van der Waals surface area contributed by atoms with Crippen molar-refractivity contribution in [2.75, 3.05) is 11.1 Å². The van der Waals surface area contributed by atoms with Crippen LogP contribution in [0.4, 0.5) is 10.1 Å². The first-order valence-electron chi connectivity index (χ1n) is 3.40. The highest BCUT2D eigenvalue weighted by molar-refractivity contribution is 9.10. The molecule has 0 atom stereocenters. The molecule has 0 aliphatic heterocycles. The van der Waals surface area contributed by atoms with Crippen LogP contribution in [-0.4, -0.2) is 11.1 Å². The Bertz CT molecular complexity index is 354. The Kier molecular flexibility index (Phi) is 3.44. The topological polar surface area (TPSA) is 43.1 Å². The summed E-state index contributed by atoms with van der Waals surface area (Å²) in [7, 11) is 0. The molecular formula is C8H6Br2FNO. The minimum atomic E-state index is -0.576. The van der Waals surface area contributed by atoms with Crippen molar-refractivity contribution in [3.8, 4) is 0 Å². The molecule has 2 nitrogen and oxygen atoms in total. The first-order valence-corrected chi connectivity index (χ1v) is 5.32. The number of nitrogen functional groups attached to an aromatic ring is 1. The molecule has 1 aromatic rings. The van der Waals surface area contributed by atoms with Gasteiger partial charge in [-0.05, 0) is 28.1 Å². The van der Waals surface area contributed by atoms with Gasteiger partial charge in [-0.2, -0.15) is 0 Å². The number of alkyl halides is 1. The third-order valence-corrected chi connectivity index (χ3v) is 2.71. The number of ketones is 1. The van der Waals surface area contributed by atoms with Crippen molar-refractivity contribution in [2.24, 2.45) is 0 Å². The Morgan fingerprint density at radius 2 is 2.15 bits per heavy atom. The maximum absolute atomic E-state index is 12.9. The number of benzene rings is 1. The summed E-state index contributed by atoms with van der Waals surface area (Å²) in [4.78, 5) is 11.3. The van der Waals surface area contributed by atoms with Crippen molar-refractivity contribution in [3.05, 3.63) is 28.0 Å². The van der Waals surface area contributed by atoms with E-state index in [4.69, 9.17) is 5.73 Å². The van der Waals surface area contributed by atoms with Gasteiger partial charge in [-0.1, -0.05) is 15.9 Å². The van der Waals surface area contributed by atoms with Crippen LogP contribution in [0, 0.1) is 5.82 Å². The maximum atomic E-state index is 12.9. The van der Waals surface area contributed by atoms with Crippen LogP contribution in [-0.2, 0) is 0 Å². The summed E-state index contributed by atoms with van der Waals surface area (Å²) >= 11 is 6.13. The smallest absolute Gasteiger partial charge is 0.176 e. The second-order valence-electron chi connectivity index (χ2n) is 2.37. The van der Waals surface area contributed by atoms with Gasteiger partial charge in [-0.15, -0.1) is 0 Å². The molecule has 13 heavy (non-hydrogen) atoms. The van der Waals surface area contributed by atoms with E-state index in [0.717, 1.165) is 0 Å². The first-order chi connectivity index (χ1) is 6.07.